The summed E-state index contributed by atoms with van der Waals surface area (Å²) in [7, 11) is 0. The van der Waals surface area contributed by atoms with Crippen molar-refractivity contribution in [3.8, 4) is 0 Å². The fourth-order valence-electron chi connectivity index (χ4n) is 1.83. The summed E-state index contributed by atoms with van der Waals surface area (Å²) in [5, 5.41) is 5.46. The van der Waals surface area contributed by atoms with E-state index in [0.29, 0.717) is 17.3 Å². The van der Waals surface area contributed by atoms with Gasteiger partial charge in [-0.15, -0.1) is 11.3 Å². The van der Waals surface area contributed by atoms with Gasteiger partial charge in [0.2, 0.25) is 5.91 Å². The highest BCUT2D eigenvalue weighted by Gasteiger charge is 2.29. The molecule has 2 rings (SSSR count). The van der Waals surface area contributed by atoms with E-state index in [1.54, 1.807) is 19.1 Å². The van der Waals surface area contributed by atoms with Crippen LogP contribution in [0.25, 0.3) is 0 Å². The standard InChI is InChI=1S/C13H18BrN3O2S/c1-7(12(18)16-6-9(15)8-2-3-8)17-13(19)10-4-5-11(14)20-10/h4-5,7-9H,2-3,6,15H2,1H3,(H,16,18)(H,17,19). The minimum atomic E-state index is -0.574. The quantitative estimate of drug-likeness (QED) is 0.719. The fraction of sp³-hybridized carbons (Fsp3) is 0.538. The SMILES string of the molecule is CC(NC(=O)c1ccc(Br)s1)C(=O)NCC(N)C1CC1. The van der Waals surface area contributed by atoms with E-state index in [1.165, 1.54) is 11.3 Å². The second-order valence-electron chi connectivity index (χ2n) is 5.05. The maximum atomic E-state index is 11.9. The summed E-state index contributed by atoms with van der Waals surface area (Å²) in [6, 6.07) is 2.97. The molecule has 7 heteroatoms. The highest BCUT2D eigenvalue weighted by Crippen LogP contribution is 2.31. The van der Waals surface area contributed by atoms with Crippen LogP contribution in [0.4, 0.5) is 0 Å². The van der Waals surface area contributed by atoms with Crippen molar-refractivity contribution in [2.24, 2.45) is 11.7 Å². The first-order valence-corrected chi connectivity index (χ1v) is 8.18. The van der Waals surface area contributed by atoms with E-state index in [1.807, 2.05) is 0 Å². The lowest BCUT2D eigenvalue weighted by Crippen LogP contribution is -2.48. The topological polar surface area (TPSA) is 84.2 Å². The Kier molecular flexibility index (Phi) is 5.17. The molecule has 1 fully saturated rings. The van der Waals surface area contributed by atoms with Crippen LogP contribution in [-0.2, 0) is 4.79 Å². The van der Waals surface area contributed by atoms with Crippen molar-refractivity contribution in [1.29, 1.82) is 0 Å². The van der Waals surface area contributed by atoms with Crippen LogP contribution in [0.1, 0.15) is 29.4 Å². The summed E-state index contributed by atoms with van der Waals surface area (Å²) in [4.78, 5) is 24.4. The molecule has 2 amide bonds. The third-order valence-corrected chi connectivity index (χ3v) is 4.90. The van der Waals surface area contributed by atoms with Crippen molar-refractivity contribution in [1.82, 2.24) is 10.6 Å². The maximum Gasteiger partial charge on any atom is 0.262 e. The van der Waals surface area contributed by atoms with Gasteiger partial charge in [-0.2, -0.15) is 0 Å². The second kappa shape index (κ2) is 6.69. The molecule has 1 aromatic heterocycles. The van der Waals surface area contributed by atoms with Gasteiger partial charge >= 0.3 is 0 Å². The lowest BCUT2D eigenvalue weighted by molar-refractivity contribution is -0.122. The molecular weight excluding hydrogens is 342 g/mol. The van der Waals surface area contributed by atoms with Gasteiger partial charge in [-0.25, -0.2) is 0 Å². The van der Waals surface area contributed by atoms with E-state index in [0.717, 1.165) is 16.6 Å². The van der Waals surface area contributed by atoms with Gasteiger partial charge in [0.05, 0.1) is 8.66 Å². The lowest BCUT2D eigenvalue weighted by atomic mass is 10.2. The van der Waals surface area contributed by atoms with E-state index in [-0.39, 0.29) is 17.9 Å². The van der Waals surface area contributed by atoms with Gasteiger partial charge in [0.15, 0.2) is 0 Å². The number of hydrogen-bond donors (Lipinski definition) is 3. The van der Waals surface area contributed by atoms with Crippen LogP contribution in [0, 0.1) is 5.92 Å². The van der Waals surface area contributed by atoms with E-state index >= 15 is 0 Å². The first-order chi connectivity index (χ1) is 9.47. The van der Waals surface area contributed by atoms with Gasteiger partial charge in [-0.3, -0.25) is 9.59 Å². The first-order valence-electron chi connectivity index (χ1n) is 6.57. The molecular formula is C13H18BrN3O2S. The number of nitrogens with one attached hydrogen (secondary N) is 2. The molecule has 1 saturated carbocycles. The van der Waals surface area contributed by atoms with Gasteiger partial charge in [0.1, 0.15) is 6.04 Å². The molecule has 0 radical (unpaired) electrons. The van der Waals surface area contributed by atoms with Crippen LogP contribution in [0.3, 0.4) is 0 Å². The molecule has 0 bridgehead atoms. The Labute approximate surface area is 130 Å². The number of hydrogen-bond acceptors (Lipinski definition) is 4. The Morgan fingerprint density at radius 1 is 1.50 bits per heavy atom. The lowest BCUT2D eigenvalue weighted by Gasteiger charge is -2.16. The van der Waals surface area contributed by atoms with Crippen molar-refractivity contribution in [3.05, 3.63) is 20.8 Å². The predicted octanol–water partition coefficient (Wildman–Crippen LogP) is 1.48. The molecule has 1 aromatic rings. The van der Waals surface area contributed by atoms with Gasteiger partial charge in [-0.05, 0) is 53.7 Å². The Balaban J connectivity index is 1.76. The normalized spacial score (nSPS) is 17.4. The summed E-state index contributed by atoms with van der Waals surface area (Å²) in [5.74, 6) is 0.101. The second-order valence-corrected chi connectivity index (χ2v) is 7.51. The number of halogens is 1. The minimum absolute atomic E-state index is 0.0232. The molecule has 1 aliphatic carbocycles. The zero-order valence-corrected chi connectivity index (χ0v) is 13.6. The van der Waals surface area contributed by atoms with Crippen LogP contribution < -0.4 is 16.4 Å². The van der Waals surface area contributed by atoms with E-state index in [4.69, 9.17) is 5.73 Å². The van der Waals surface area contributed by atoms with Crippen LogP contribution >= 0.6 is 27.3 Å². The molecule has 0 aliphatic heterocycles. The highest BCUT2D eigenvalue weighted by molar-refractivity contribution is 9.11. The van der Waals surface area contributed by atoms with E-state index in [2.05, 4.69) is 26.6 Å². The largest absolute Gasteiger partial charge is 0.353 e. The summed E-state index contributed by atoms with van der Waals surface area (Å²) < 4.78 is 0.884. The molecule has 4 N–H and O–H groups in total. The molecule has 2 atom stereocenters. The van der Waals surface area contributed by atoms with Crippen molar-refractivity contribution in [3.63, 3.8) is 0 Å². The van der Waals surface area contributed by atoms with Crippen LogP contribution in [-0.4, -0.2) is 30.4 Å². The van der Waals surface area contributed by atoms with E-state index in [9.17, 15) is 9.59 Å². The molecule has 2 unspecified atom stereocenters. The average molecular weight is 360 g/mol. The number of carbonyl (C=O) groups excluding carboxylic acids is 2. The molecule has 0 aromatic carbocycles. The monoisotopic (exact) mass is 359 g/mol. The summed E-state index contributed by atoms with van der Waals surface area (Å²) in [6.07, 6.45) is 2.30. The van der Waals surface area contributed by atoms with E-state index < -0.39 is 6.04 Å². The van der Waals surface area contributed by atoms with Gasteiger partial charge in [0, 0.05) is 12.6 Å². The molecule has 20 heavy (non-hydrogen) atoms. The zero-order chi connectivity index (χ0) is 14.7. The number of carbonyl (C=O) groups is 2. The smallest absolute Gasteiger partial charge is 0.262 e. The van der Waals surface area contributed by atoms with Crippen molar-refractivity contribution in [2.45, 2.75) is 31.8 Å². The zero-order valence-electron chi connectivity index (χ0n) is 11.2. The summed E-state index contributed by atoms with van der Waals surface area (Å²) >= 11 is 4.63. The van der Waals surface area contributed by atoms with Gasteiger partial charge < -0.3 is 16.4 Å². The number of nitrogens with two attached hydrogens (primary N) is 1. The fourth-order valence-corrected chi connectivity index (χ4v) is 3.12. The Bertz CT molecular complexity index is 502. The molecule has 0 spiro atoms. The molecule has 110 valence electrons. The minimum Gasteiger partial charge on any atom is -0.353 e. The highest BCUT2D eigenvalue weighted by atomic mass is 79.9. The van der Waals surface area contributed by atoms with Crippen molar-refractivity contribution >= 4 is 39.1 Å². The van der Waals surface area contributed by atoms with Crippen LogP contribution in [0.15, 0.2) is 15.9 Å². The number of amides is 2. The summed E-state index contributed by atoms with van der Waals surface area (Å²) in [5.41, 5.74) is 5.92. The number of thiophene rings is 1. The van der Waals surface area contributed by atoms with Crippen molar-refractivity contribution < 1.29 is 9.59 Å². The first kappa shape index (κ1) is 15.5. The Hall–Kier alpha value is -0.920. The third-order valence-electron chi connectivity index (χ3n) is 3.28. The van der Waals surface area contributed by atoms with Gasteiger partial charge in [-0.1, -0.05) is 0 Å². The predicted molar refractivity (Wildman–Crippen MR) is 82.7 cm³/mol. The molecule has 1 heterocycles. The Morgan fingerprint density at radius 3 is 2.75 bits per heavy atom. The number of rotatable bonds is 6. The summed E-state index contributed by atoms with van der Waals surface area (Å²) in [6.45, 7) is 2.13. The molecule has 1 aliphatic rings. The van der Waals surface area contributed by atoms with Crippen LogP contribution in [0.2, 0.25) is 0 Å². The van der Waals surface area contributed by atoms with Crippen molar-refractivity contribution in [2.75, 3.05) is 6.54 Å². The maximum absolute atomic E-state index is 11.9. The molecule has 5 nitrogen and oxygen atoms in total. The van der Waals surface area contributed by atoms with Gasteiger partial charge in [0.25, 0.3) is 5.91 Å². The Morgan fingerprint density at radius 2 is 2.20 bits per heavy atom. The van der Waals surface area contributed by atoms with Crippen LogP contribution in [0.5, 0.6) is 0 Å². The molecule has 0 saturated heterocycles. The third kappa shape index (κ3) is 4.29. The average Bonchev–Trinajstić information content (AvgIpc) is 3.17.